The Morgan fingerprint density at radius 1 is 1.29 bits per heavy atom. The number of fused-ring (bicyclic) bond motifs is 1. The lowest BCUT2D eigenvalue weighted by atomic mass is 10.1. The maximum atomic E-state index is 12.2. The molecule has 0 radical (unpaired) electrons. The fourth-order valence-electron chi connectivity index (χ4n) is 3.39. The van der Waals surface area contributed by atoms with E-state index in [2.05, 4.69) is 4.99 Å². The second-order valence-electron chi connectivity index (χ2n) is 6.78. The summed E-state index contributed by atoms with van der Waals surface area (Å²) in [5.74, 6) is -0.558. The van der Waals surface area contributed by atoms with Crippen LogP contribution in [0.5, 0.6) is 5.75 Å². The molecule has 2 aliphatic rings. The Labute approximate surface area is 167 Å². The summed E-state index contributed by atoms with van der Waals surface area (Å²) in [4.78, 5) is 28.8. The van der Waals surface area contributed by atoms with Crippen LogP contribution in [0.1, 0.15) is 24.8 Å². The maximum absolute atomic E-state index is 12.2. The van der Waals surface area contributed by atoms with E-state index in [4.69, 9.17) is 9.84 Å². The fraction of sp³-hybridized carbons (Fsp3) is 0.500. The number of carboxylic acid groups (broad SMARTS) is 1. The number of carboxylic acids is 1. The SMILES string of the molecule is COc1ccccc1CN1C(=NC(=O)CCCC(=O)O)S[C@@H]2CS(=O)(=O)C[C@H]21. The van der Waals surface area contributed by atoms with Crippen LogP contribution in [0.4, 0.5) is 0 Å². The lowest BCUT2D eigenvalue weighted by Gasteiger charge is -2.25. The van der Waals surface area contributed by atoms with Crippen LogP contribution in [0.3, 0.4) is 0 Å². The number of amides is 1. The summed E-state index contributed by atoms with van der Waals surface area (Å²) in [5, 5.41) is 9.03. The third kappa shape index (κ3) is 4.85. The molecule has 1 amide bonds. The average Bonchev–Trinajstić information content (AvgIpc) is 3.07. The molecule has 2 atom stereocenters. The van der Waals surface area contributed by atoms with E-state index in [-0.39, 0.29) is 42.1 Å². The van der Waals surface area contributed by atoms with E-state index in [9.17, 15) is 18.0 Å². The summed E-state index contributed by atoms with van der Waals surface area (Å²) < 4.78 is 29.5. The van der Waals surface area contributed by atoms with Crippen LogP contribution in [0.25, 0.3) is 0 Å². The largest absolute Gasteiger partial charge is 0.496 e. The smallest absolute Gasteiger partial charge is 0.303 e. The van der Waals surface area contributed by atoms with Crippen molar-refractivity contribution in [3.63, 3.8) is 0 Å². The molecule has 3 rings (SSSR count). The number of nitrogens with zero attached hydrogens (tertiary/aromatic N) is 2. The highest BCUT2D eigenvalue weighted by atomic mass is 32.2. The number of ether oxygens (including phenoxy) is 1. The van der Waals surface area contributed by atoms with E-state index in [1.165, 1.54) is 11.8 Å². The maximum Gasteiger partial charge on any atom is 0.303 e. The van der Waals surface area contributed by atoms with Crippen LogP contribution in [-0.4, -0.2) is 65.4 Å². The van der Waals surface area contributed by atoms with Gasteiger partial charge in [-0.05, 0) is 12.5 Å². The summed E-state index contributed by atoms with van der Waals surface area (Å²) in [6.45, 7) is 0.384. The van der Waals surface area contributed by atoms with E-state index >= 15 is 0 Å². The van der Waals surface area contributed by atoms with Gasteiger partial charge < -0.3 is 14.7 Å². The van der Waals surface area contributed by atoms with Crippen molar-refractivity contribution in [1.82, 2.24) is 4.90 Å². The van der Waals surface area contributed by atoms with Gasteiger partial charge in [-0.15, -0.1) is 0 Å². The summed E-state index contributed by atoms with van der Waals surface area (Å²) in [6, 6.07) is 7.20. The van der Waals surface area contributed by atoms with Gasteiger partial charge in [0.2, 0.25) is 5.91 Å². The number of carbonyl (C=O) groups excluding carboxylic acids is 1. The van der Waals surface area contributed by atoms with E-state index in [1.54, 1.807) is 7.11 Å². The van der Waals surface area contributed by atoms with Crippen molar-refractivity contribution in [1.29, 1.82) is 0 Å². The topological polar surface area (TPSA) is 113 Å². The highest BCUT2D eigenvalue weighted by Crippen LogP contribution is 2.39. The molecule has 1 N–H and O–H groups in total. The third-order valence-electron chi connectivity index (χ3n) is 4.71. The van der Waals surface area contributed by atoms with Crippen molar-refractivity contribution in [3.8, 4) is 5.75 Å². The molecule has 0 unspecified atom stereocenters. The summed E-state index contributed by atoms with van der Waals surface area (Å²) in [7, 11) is -1.55. The molecule has 1 aromatic rings. The molecule has 2 saturated heterocycles. The first-order valence-corrected chi connectivity index (χ1v) is 11.6. The monoisotopic (exact) mass is 426 g/mol. The van der Waals surface area contributed by atoms with Gasteiger partial charge in [-0.1, -0.05) is 30.0 Å². The van der Waals surface area contributed by atoms with Crippen molar-refractivity contribution < 1.29 is 27.9 Å². The van der Waals surface area contributed by atoms with Gasteiger partial charge in [0.25, 0.3) is 0 Å². The molecule has 0 spiro atoms. The predicted molar refractivity (Wildman–Crippen MR) is 106 cm³/mol. The quantitative estimate of drug-likeness (QED) is 0.699. The van der Waals surface area contributed by atoms with Gasteiger partial charge in [-0.3, -0.25) is 9.59 Å². The number of sulfone groups is 1. The van der Waals surface area contributed by atoms with Crippen LogP contribution in [0.2, 0.25) is 0 Å². The van der Waals surface area contributed by atoms with Crippen LogP contribution in [0, 0.1) is 0 Å². The zero-order valence-corrected chi connectivity index (χ0v) is 17.0. The van der Waals surface area contributed by atoms with Crippen LogP contribution < -0.4 is 4.74 Å². The third-order valence-corrected chi connectivity index (χ3v) is 7.96. The number of hydrogen-bond acceptors (Lipinski definition) is 6. The van der Waals surface area contributed by atoms with Crippen molar-refractivity contribution in [2.75, 3.05) is 18.6 Å². The van der Waals surface area contributed by atoms with Gasteiger partial charge in [0.1, 0.15) is 5.75 Å². The molecule has 0 bridgehead atoms. The minimum absolute atomic E-state index is 0.0338. The Kier molecular flexibility index (Phi) is 6.29. The summed E-state index contributed by atoms with van der Waals surface area (Å²) in [5.41, 5.74) is 0.876. The Morgan fingerprint density at radius 2 is 2.04 bits per heavy atom. The normalized spacial score (nSPS) is 24.3. The standard InChI is InChI=1S/C18H22N2O6S2/c1-26-14-6-3-2-5-12(14)9-20-13-10-28(24,25)11-15(13)27-18(20)19-16(21)7-4-8-17(22)23/h2-3,5-6,13,15H,4,7-11H2,1H3,(H,22,23)/t13-,15-/m1/s1. The number of amidine groups is 1. The van der Waals surface area contributed by atoms with E-state index in [0.29, 0.717) is 17.5 Å². The summed E-state index contributed by atoms with van der Waals surface area (Å²) >= 11 is 1.31. The van der Waals surface area contributed by atoms with Crippen molar-refractivity contribution >= 4 is 38.6 Å². The fourth-order valence-corrected chi connectivity index (χ4v) is 7.36. The van der Waals surface area contributed by atoms with Gasteiger partial charge in [0.15, 0.2) is 15.0 Å². The Bertz CT molecular complexity index is 899. The number of hydrogen-bond donors (Lipinski definition) is 1. The lowest BCUT2D eigenvalue weighted by Crippen LogP contribution is -2.37. The first-order chi connectivity index (χ1) is 13.3. The van der Waals surface area contributed by atoms with Crippen LogP contribution >= 0.6 is 11.8 Å². The van der Waals surface area contributed by atoms with E-state index < -0.39 is 21.7 Å². The highest BCUT2D eigenvalue weighted by Gasteiger charge is 2.48. The van der Waals surface area contributed by atoms with E-state index in [0.717, 1.165) is 5.56 Å². The molecule has 0 aromatic heterocycles. The molecule has 2 fully saturated rings. The molecule has 8 nitrogen and oxygen atoms in total. The lowest BCUT2D eigenvalue weighted by molar-refractivity contribution is -0.137. The molecule has 0 saturated carbocycles. The number of thioether (sulfide) groups is 1. The zero-order chi connectivity index (χ0) is 20.3. The number of methoxy groups -OCH3 is 1. The van der Waals surface area contributed by atoms with Crippen LogP contribution in [0.15, 0.2) is 29.3 Å². The zero-order valence-electron chi connectivity index (χ0n) is 15.4. The molecule has 2 aliphatic heterocycles. The second-order valence-corrected chi connectivity index (χ2v) is 10.1. The molecular formula is C18H22N2O6S2. The van der Waals surface area contributed by atoms with Gasteiger partial charge in [-0.2, -0.15) is 4.99 Å². The highest BCUT2D eigenvalue weighted by molar-refractivity contribution is 8.15. The number of aliphatic imine (C=N–C) groups is 1. The summed E-state index contributed by atoms with van der Waals surface area (Å²) in [6.07, 6.45) is 0.188. The number of carbonyl (C=O) groups is 2. The van der Waals surface area contributed by atoms with Crippen molar-refractivity contribution in [2.24, 2.45) is 4.99 Å². The number of aliphatic carboxylic acids is 1. The van der Waals surface area contributed by atoms with Crippen molar-refractivity contribution in [2.45, 2.75) is 37.1 Å². The average molecular weight is 427 g/mol. The molecule has 0 aliphatic carbocycles. The first-order valence-electron chi connectivity index (χ1n) is 8.88. The Balaban J connectivity index is 1.81. The molecule has 10 heteroatoms. The Morgan fingerprint density at radius 3 is 2.75 bits per heavy atom. The molecule has 152 valence electrons. The minimum Gasteiger partial charge on any atom is -0.496 e. The number of benzene rings is 1. The van der Waals surface area contributed by atoms with Gasteiger partial charge in [0.05, 0.1) is 24.7 Å². The minimum atomic E-state index is -3.12. The van der Waals surface area contributed by atoms with Gasteiger partial charge >= 0.3 is 5.97 Å². The second kappa shape index (κ2) is 8.52. The molecule has 1 aromatic carbocycles. The molecular weight excluding hydrogens is 404 g/mol. The predicted octanol–water partition coefficient (Wildman–Crippen LogP) is 1.55. The number of para-hydroxylation sites is 1. The van der Waals surface area contributed by atoms with Crippen molar-refractivity contribution in [3.05, 3.63) is 29.8 Å². The number of rotatable bonds is 7. The van der Waals surface area contributed by atoms with E-state index in [1.807, 2.05) is 29.2 Å². The van der Waals surface area contributed by atoms with Gasteiger partial charge in [0, 0.05) is 30.2 Å². The Hall–Kier alpha value is -2.07. The van der Waals surface area contributed by atoms with Gasteiger partial charge in [-0.25, -0.2) is 8.42 Å². The van der Waals surface area contributed by atoms with Crippen LogP contribution in [-0.2, 0) is 26.0 Å². The molecule has 2 heterocycles. The first kappa shape index (κ1) is 20.7. The molecule has 28 heavy (non-hydrogen) atoms.